The minimum Gasteiger partial charge on any atom is -0.467 e. The Morgan fingerprint density at radius 1 is 1.50 bits per heavy atom. The molecule has 14 heavy (non-hydrogen) atoms. The van der Waals surface area contributed by atoms with E-state index >= 15 is 0 Å². The van der Waals surface area contributed by atoms with E-state index in [9.17, 15) is 0 Å². The first-order chi connectivity index (χ1) is 6.72. The van der Waals surface area contributed by atoms with Crippen LogP contribution in [-0.4, -0.2) is 13.7 Å². The largest absolute Gasteiger partial charge is 0.467 e. The Morgan fingerprint density at radius 2 is 2.29 bits per heavy atom. The summed E-state index contributed by atoms with van der Waals surface area (Å²) in [6.07, 6.45) is 1.77. The van der Waals surface area contributed by atoms with E-state index in [1.807, 2.05) is 13.1 Å². The Bertz CT molecular complexity index is 256. The SMILES string of the molecule is CNCc1coc(COCC(C)C)c1. The van der Waals surface area contributed by atoms with Gasteiger partial charge < -0.3 is 14.5 Å². The van der Waals surface area contributed by atoms with Crippen molar-refractivity contribution in [2.45, 2.75) is 27.0 Å². The molecule has 1 aromatic heterocycles. The second-order valence-corrected chi connectivity index (χ2v) is 3.86. The van der Waals surface area contributed by atoms with Crippen LogP contribution in [0.2, 0.25) is 0 Å². The van der Waals surface area contributed by atoms with Crippen LogP contribution >= 0.6 is 0 Å². The first-order valence-corrected chi connectivity index (χ1v) is 5.01. The molecule has 1 rings (SSSR count). The highest BCUT2D eigenvalue weighted by Gasteiger charge is 2.01. The summed E-state index contributed by atoms with van der Waals surface area (Å²) in [5.41, 5.74) is 1.16. The fourth-order valence-electron chi connectivity index (χ4n) is 1.19. The maximum absolute atomic E-state index is 5.46. The molecule has 1 N–H and O–H groups in total. The first-order valence-electron chi connectivity index (χ1n) is 5.01. The van der Waals surface area contributed by atoms with Crippen molar-refractivity contribution in [3.63, 3.8) is 0 Å². The van der Waals surface area contributed by atoms with Crippen LogP contribution in [0.3, 0.4) is 0 Å². The third kappa shape index (κ3) is 3.94. The Kier molecular flexibility index (Phi) is 4.70. The van der Waals surface area contributed by atoms with Crippen LogP contribution in [0.1, 0.15) is 25.2 Å². The van der Waals surface area contributed by atoms with Gasteiger partial charge in [0.25, 0.3) is 0 Å². The molecule has 3 nitrogen and oxygen atoms in total. The molecule has 80 valence electrons. The lowest BCUT2D eigenvalue weighted by Gasteiger charge is -2.03. The first kappa shape index (κ1) is 11.3. The average molecular weight is 197 g/mol. The molecule has 0 aromatic carbocycles. The molecule has 3 heteroatoms. The second kappa shape index (κ2) is 5.83. The van der Waals surface area contributed by atoms with Crippen LogP contribution < -0.4 is 5.32 Å². The third-order valence-corrected chi connectivity index (χ3v) is 1.78. The molecule has 0 bridgehead atoms. The van der Waals surface area contributed by atoms with Crippen molar-refractivity contribution >= 4 is 0 Å². The molecule has 0 unspecified atom stereocenters. The van der Waals surface area contributed by atoms with Crippen molar-refractivity contribution in [1.29, 1.82) is 0 Å². The number of hydrogen-bond acceptors (Lipinski definition) is 3. The molecule has 0 aliphatic rings. The van der Waals surface area contributed by atoms with Gasteiger partial charge in [-0.3, -0.25) is 0 Å². The van der Waals surface area contributed by atoms with Crippen molar-refractivity contribution in [1.82, 2.24) is 5.32 Å². The molecule has 0 radical (unpaired) electrons. The summed E-state index contributed by atoms with van der Waals surface area (Å²) < 4.78 is 10.8. The number of nitrogens with one attached hydrogen (secondary N) is 1. The molecule has 0 saturated heterocycles. The van der Waals surface area contributed by atoms with Gasteiger partial charge in [0.1, 0.15) is 12.4 Å². The zero-order chi connectivity index (χ0) is 10.4. The van der Waals surface area contributed by atoms with Crippen LogP contribution in [0, 0.1) is 5.92 Å². The van der Waals surface area contributed by atoms with Crippen molar-refractivity contribution in [3.8, 4) is 0 Å². The topological polar surface area (TPSA) is 34.4 Å². The van der Waals surface area contributed by atoms with E-state index in [-0.39, 0.29) is 0 Å². The lowest BCUT2D eigenvalue weighted by molar-refractivity contribution is 0.0846. The van der Waals surface area contributed by atoms with Gasteiger partial charge in [-0.05, 0) is 19.0 Å². The van der Waals surface area contributed by atoms with Gasteiger partial charge in [0.05, 0.1) is 6.26 Å². The normalized spacial score (nSPS) is 11.1. The monoisotopic (exact) mass is 197 g/mol. The van der Waals surface area contributed by atoms with E-state index < -0.39 is 0 Å². The lowest BCUT2D eigenvalue weighted by atomic mass is 10.2. The maximum atomic E-state index is 5.46. The maximum Gasteiger partial charge on any atom is 0.129 e. The summed E-state index contributed by atoms with van der Waals surface area (Å²) in [6, 6.07) is 2.02. The van der Waals surface area contributed by atoms with Crippen molar-refractivity contribution in [2.75, 3.05) is 13.7 Å². The van der Waals surface area contributed by atoms with Crippen LogP contribution in [0.15, 0.2) is 16.7 Å². The fourth-order valence-corrected chi connectivity index (χ4v) is 1.19. The average Bonchev–Trinajstić information content (AvgIpc) is 2.53. The van der Waals surface area contributed by atoms with Gasteiger partial charge in [0.15, 0.2) is 0 Å². The van der Waals surface area contributed by atoms with E-state index in [1.165, 1.54) is 0 Å². The number of furan rings is 1. The van der Waals surface area contributed by atoms with Gasteiger partial charge in [0.2, 0.25) is 0 Å². The van der Waals surface area contributed by atoms with E-state index in [1.54, 1.807) is 6.26 Å². The van der Waals surface area contributed by atoms with Crippen LogP contribution in [0.25, 0.3) is 0 Å². The highest BCUT2D eigenvalue weighted by Crippen LogP contribution is 2.09. The molecular weight excluding hydrogens is 178 g/mol. The minimum absolute atomic E-state index is 0.571. The predicted molar refractivity (Wildman–Crippen MR) is 56.0 cm³/mol. The second-order valence-electron chi connectivity index (χ2n) is 3.86. The quantitative estimate of drug-likeness (QED) is 0.759. The molecule has 1 aromatic rings. The van der Waals surface area contributed by atoms with Gasteiger partial charge in [-0.25, -0.2) is 0 Å². The molecule has 0 amide bonds. The van der Waals surface area contributed by atoms with Crippen molar-refractivity contribution in [2.24, 2.45) is 5.92 Å². The van der Waals surface area contributed by atoms with Crippen LogP contribution in [0.5, 0.6) is 0 Å². The smallest absolute Gasteiger partial charge is 0.129 e. The minimum atomic E-state index is 0.571. The Morgan fingerprint density at radius 3 is 2.93 bits per heavy atom. The van der Waals surface area contributed by atoms with Gasteiger partial charge in [-0.2, -0.15) is 0 Å². The summed E-state index contributed by atoms with van der Waals surface area (Å²) in [7, 11) is 1.92. The number of hydrogen-bond donors (Lipinski definition) is 1. The Hall–Kier alpha value is -0.800. The molecule has 0 aliphatic heterocycles. The predicted octanol–water partition coefficient (Wildman–Crippen LogP) is 2.17. The Labute approximate surface area is 85.4 Å². The highest BCUT2D eigenvalue weighted by atomic mass is 16.5. The van der Waals surface area contributed by atoms with E-state index in [0.717, 1.165) is 24.5 Å². The molecule has 0 atom stereocenters. The van der Waals surface area contributed by atoms with Gasteiger partial charge >= 0.3 is 0 Å². The van der Waals surface area contributed by atoms with E-state index in [2.05, 4.69) is 19.2 Å². The molecule has 1 heterocycles. The van der Waals surface area contributed by atoms with E-state index in [0.29, 0.717) is 12.5 Å². The third-order valence-electron chi connectivity index (χ3n) is 1.78. The summed E-state index contributed by atoms with van der Waals surface area (Å²) in [5, 5.41) is 3.07. The molecule has 0 saturated carbocycles. The summed E-state index contributed by atoms with van der Waals surface area (Å²) >= 11 is 0. The zero-order valence-corrected chi connectivity index (χ0v) is 9.17. The molecule has 0 spiro atoms. The van der Waals surface area contributed by atoms with Gasteiger partial charge in [0, 0.05) is 18.7 Å². The van der Waals surface area contributed by atoms with Crippen molar-refractivity contribution in [3.05, 3.63) is 23.7 Å². The molecular formula is C11H19NO2. The van der Waals surface area contributed by atoms with Crippen LogP contribution in [0.4, 0.5) is 0 Å². The van der Waals surface area contributed by atoms with Crippen LogP contribution in [-0.2, 0) is 17.9 Å². The number of rotatable bonds is 6. The standard InChI is InChI=1S/C11H19NO2/c1-9(2)6-13-8-11-4-10(5-12-3)7-14-11/h4,7,9,12H,5-6,8H2,1-3H3. The van der Waals surface area contributed by atoms with E-state index in [4.69, 9.17) is 9.15 Å². The Balaban J connectivity index is 2.28. The summed E-state index contributed by atoms with van der Waals surface area (Å²) in [6.45, 7) is 6.46. The summed E-state index contributed by atoms with van der Waals surface area (Å²) in [4.78, 5) is 0. The molecule has 0 fully saturated rings. The number of ether oxygens (including phenoxy) is 1. The fraction of sp³-hybridized carbons (Fsp3) is 0.636. The highest BCUT2D eigenvalue weighted by molar-refractivity contribution is 5.11. The zero-order valence-electron chi connectivity index (χ0n) is 9.17. The lowest BCUT2D eigenvalue weighted by Crippen LogP contribution is -2.03. The van der Waals surface area contributed by atoms with Gasteiger partial charge in [-0.15, -0.1) is 0 Å². The molecule has 0 aliphatic carbocycles. The summed E-state index contributed by atoms with van der Waals surface area (Å²) in [5.74, 6) is 1.47. The van der Waals surface area contributed by atoms with Gasteiger partial charge in [-0.1, -0.05) is 13.8 Å². The van der Waals surface area contributed by atoms with Crippen molar-refractivity contribution < 1.29 is 9.15 Å².